The van der Waals surface area contributed by atoms with E-state index in [1.165, 1.54) is 6.07 Å². The minimum atomic E-state index is -2.70. The summed E-state index contributed by atoms with van der Waals surface area (Å²) in [7, 11) is 0. The van der Waals surface area contributed by atoms with Gasteiger partial charge in [-0.1, -0.05) is 67.9 Å². The van der Waals surface area contributed by atoms with Gasteiger partial charge in [-0.15, -0.1) is 10.2 Å². The first-order chi connectivity index (χ1) is 20.1. The molecule has 0 saturated heterocycles. The van der Waals surface area contributed by atoms with Gasteiger partial charge >= 0.3 is 0 Å². The molecule has 1 heterocycles. The SMILES string of the molecule is Cc1ccc(CC(=O)Nc2cc(-c3ccccc3-c3nn[nH]n3)c(F)cc2N(CC(C)C)C2CCC(F)(F)CC2)cc1. The zero-order chi connectivity index (χ0) is 29.9. The first-order valence-electron chi connectivity index (χ1n) is 14.3. The van der Waals surface area contributed by atoms with Crippen LogP contribution in [0.4, 0.5) is 24.5 Å². The Balaban J connectivity index is 1.58. The second-order valence-corrected chi connectivity index (χ2v) is 11.5. The average Bonchev–Trinajstić information content (AvgIpc) is 3.49. The maximum Gasteiger partial charge on any atom is 0.248 e. The number of aryl methyl sites for hydroxylation is 1. The Hall–Kier alpha value is -4.21. The molecule has 5 rings (SSSR count). The highest BCUT2D eigenvalue weighted by Crippen LogP contribution is 2.42. The number of anilines is 2. The first kappa shape index (κ1) is 29.3. The van der Waals surface area contributed by atoms with E-state index in [2.05, 4.69) is 25.9 Å². The van der Waals surface area contributed by atoms with Crippen molar-refractivity contribution in [3.63, 3.8) is 0 Å². The fourth-order valence-corrected chi connectivity index (χ4v) is 5.56. The minimum absolute atomic E-state index is 0.131. The standard InChI is InChI=1S/C32H35F3N6O/c1-20(2)19-41(23-12-14-32(34,35)15-13-23)29-18-27(33)26(24-6-4-5-7-25(24)31-37-39-40-38-31)17-28(29)36-30(42)16-22-10-8-21(3)9-11-22/h4-11,17-18,20,23H,12-16,19H2,1-3H3,(H,36,42)(H,37,38,39,40). The Morgan fingerprint density at radius 2 is 1.74 bits per heavy atom. The van der Waals surface area contributed by atoms with Crippen molar-refractivity contribution in [2.45, 2.75) is 64.8 Å². The maximum atomic E-state index is 16.1. The fraction of sp³-hybridized carbons (Fsp3) is 0.375. The number of hydrogen-bond acceptors (Lipinski definition) is 5. The molecule has 42 heavy (non-hydrogen) atoms. The minimum Gasteiger partial charge on any atom is -0.367 e. The maximum absolute atomic E-state index is 16.1. The quantitative estimate of drug-likeness (QED) is 0.220. The van der Waals surface area contributed by atoms with E-state index in [0.29, 0.717) is 34.9 Å². The number of tetrazole rings is 1. The number of H-pyrrole nitrogens is 1. The summed E-state index contributed by atoms with van der Waals surface area (Å²) in [5.74, 6) is -2.98. The topological polar surface area (TPSA) is 86.8 Å². The molecule has 1 aliphatic carbocycles. The van der Waals surface area contributed by atoms with E-state index in [0.717, 1.165) is 11.1 Å². The number of rotatable bonds is 9. The Morgan fingerprint density at radius 3 is 2.38 bits per heavy atom. The van der Waals surface area contributed by atoms with Crippen LogP contribution in [0.5, 0.6) is 0 Å². The lowest BCUT2D eigenvalue weighted by Gasteiger charge is -2.40. The van der Waals surface area contributed by atoms with Crippen molar-refractivity contribution >= 4 is 17.3 Å². The number of carbonyl (C=O) groups excluding carboxylic acids is 1. The lowest BCUT2D eigenvalue weighted by atomic mass is 9.89. The molecule has 0 spiro atoms. The van der Waals surface area contributed by atoms with E-state index in [4.69, 9.17) is 0 Å². The highest BCUT2D eigenvalue weighted by atomic mass is 19.3. The van der Waals surface area contributed by atoms with E-state index in [1.54, 1.807) is 30.3 Å². The summed E-state index contributed by atoms with van der Waals surface area (Å²) in [6.07, 6.45) is 0.243. The van der Waals surface area contributed by atoms with Gasteiger partial charge in [0.1, 0.15) is 5.82 Å². The number of hydrogen-bond donors (Lipinski definition) is 2. The van der Waals surface area contributed by atoms with Gasteiger partial charge in [0, 0.05) is 36.6 Å². The summed E-state index contributed by atoms with van der Waals surface area (Å²) in [4.78, 5) is 15.4. The van der Waals surface area contributed by atoms with Gasteiger partial charge in [-0.25, -0.2) is 13.2 Å². The number of nitrogens with zero attached hydrogens (tertiary/aromatic N) is 4. The van der Waals surface area contributed by atoms with Crippen molar-refractivity contribution in [1.82, 2.24) is 20.6 Å². The van der Waals surface area contributed by atoms with Crippen LogP contribution in [-0.4, -0.2) is 45.0 Å². The Bertz CT molecular complexity index is 1510. The molecule has 10 heteroatoms. The largest absolute Gasteiger partial charge is 0.367 e. The van der Waals surface area contributed by atoms with Gasteiger partial charge < -0.3 is 10.2 Å². The van der Waals surface area contributed by atoms with Crippen LogP contribution >= 0.6 is 0 Å². The van der Waals surface area contributed by atoms with Crippen LogP contribution in [0.3, 0.4) is 0 Å². The molecule has 0 atom stereocenters. The van der Waals surface area contributed by atoms with E-state index in [1.807, 2.05) is 49.9 Å². The molecule has 0 unspecified atom stereocenters. The molecule has 4 aromatic rings. The van der Waals surface area contributed by atoms with E-state index < -0.39 is 11.7 Å². The molecule has 1 fully saturated rings. The molecule has 1 aromatic heterocycles. The number of halogens is 3. The van der Waals surface area contributed by atoms with Crippen LogP contribution in [0.1, 0.15) is 50.7 Å². The fourth-order valence-electron chi connectivity index (χ4n) is 5.56. The van der Waals surface area contributed by atoms with Crippen molar-refractivity contribution in [2.24, 2.45) is 5.92 Å². The van der Waals surface area contributed by atoms with E-state index in [9.17, 15) is 13.6 Å². The summed E-state index contributed by atoms with van der Waals surface area (Å²) in [6.45, 7) is 6.57. The van der Waals surface area contributed by atoms with Gasteiger partial charge in [0.2, 0.25) is 17.7 Å². The first-order valence-corrected chi connectivity index (χ1v) is 14.3. The summed E-state index contributed by atoms with van der Waals surface area (Å²) >= 11 is 0. The van der Waals surface area contributed by atoms with Gasteiger partial charge in [-0.05, 0) is 54.2 Å². The highest BCUT2D eigenvalue weighted by Gasteiger charge is 2.38. The third kappa shape index (κ3) is 6.80. The summed E-state index contributed by atoms with van der Waals surface area (Å²) in [6, 6.07) is 17.7. The zero-order valence-corrected chi connectivity index (χ0v) is 24.0. The Kier molecular flexibility index (Phi) is 8.61. The van der Waals surface area contributed by atoms with Crippen LogP contribution in [0, 0.1) is 18.7 Å². The second kappa shape index (κ2) is 12.3. The van der Waals surface area contributed by atoms with Crippen molar-refractivity contribution in [3.8, 4) is 22.5 Å². The molecule has 1 aliphatic rings. The molecular weight excluding hydrogens is 541 g/mol. The van der Waals surface area contributed by atoms with Crippen LogP contribution in [0.25, 0.3) is 22.5 Å². The normalized spacial score (nSPS) is 15.1. The van der Waals surface area contributed by atoms with Gasteiger partial charge in [0.05, 0.1) is 17.8 Å². The molecule has 220 valence electrons. The predicted octanol–water partition coefficient (Wildman–Crippen LogP) is 7.20. The molecule has 0 radical (unpaired) electrons. The smallest absolute Gasteiger partial charge is 0.248 e. The number of aromatic amines is 1. The average molecular weight is 577 g/mol. The number of benzene rings is 3. The second-order valence-electron chi connectivity index (χ2n) is 11.5. The van der Waals surface area contributed by atoms with Crippen LogP contribution in [0.2, 0.25) is 0 Å². The van der Waals surface area contributed by atoms with Gasteiger partial charge in [0.15, 0.2) is 0 Å². The predicted molar refractivity (Wildman–Crippen MR) is 158 cm³/mol. The highest BCUT2D eigenvalue weighted by molar-refractivity contribution is 5.97. The number of amides is 1. The van der Waals surface area contributed by atoms with Gasteiger partial charge in [-0.2, -0.15) is 5.21 Å². The molecule has 2 N–H and O–H groups in total. The summed E-state index contributed by atoms with van der Waals surface area (Å²) < 4.78 is 44.3. The van der Waals surface area contributed by atoms with Crippen molar-refractivity contribution in [3.05, 3.63) is 77.6 Å². The Morgan fingerprint density at radius 1 is 1.05 bits per heavy atom. The zero-order valence-electron chi connectivity index (χ0n) is 24.0. The lowest BCUT2D eigenvalue weighted by Crippen LogP contribution is -2.43. The van der Waals surface area contributed by atoms with E-state index >= 15 is 4.39 Å². The van der Waals surface area contributed by atoms with Crippen molar-refractivity contribution < 1.29 is 18.0 Å². The van der Waals surface area contributed by atoms with Crippen molar-refractivity contribution in [2.75, 3.05) is 16.8 Å². The molecule has 0 aliphatic heterocycles. The number of aromatic nitrogens is 4. The van der Waals surface area contributed by atoms with Gasteiger partial charge in [-0.3, -0.25) is 4.79 Å². The van der Waals surface area contributed by atoms with Crippen LogP contribution < -0.4 is 10.2 Å². The molecular formula is C32H35F3N6O. The van der Waals surface area contributed by atoms with Crippen molar-refractivity contribution in [1.29, 1.82) is 0 Å². The summed E-state index contributed by atoms with van der Waals surface area (Å²) in [5, 5.41) is 17.2. The van der Waals surface area contributed by atoms with Gasteiger partial charge in [0.25, 0.3) is 0 Å². The number of nitrogens with one attached hydrogen (secondary N) is 2. The van der Waals surface area contributed by atoms with Crippen LogP contribution in [-0.2, 0) is 11.2 Å². The molecule has 7 nitrogen and oxygen atoms in total. The Labute approximate surface area is 243 Å². The third-order valence-corrected chi connectivity index (χ3v) is 7.65. The number of alkyl halides is 2. The molecule has 0 bridgehead atoms. The number of carbonyl (C=O) groups is 1. The third-order valence-electron chi connectivity index (χ3n) is 7.65. The van der Waals surface area contributed by atoms with Crippen LogP contribution in [0.15, 0.2) is 60.7 Å². The summed E-state index contributed by atoms with van der Waals surface area (Å²) in [5.41, 5.74) is 4.20. The van der Waals surface area contributed by atoms with E-state index in [-0.39, 0.29) is 55.5 Å². The molecule has 1 saturated carbocycles. The molecule has 1 amide bonds. The monoisotopic (exact) mass is 576 g/mol. The molecule has 3 aromatic carbocycles. The lowest BCUT2D eigenvalue weighted by molar-refractivity contribution is -0.115.